The monoisotopic (exact) mass is 342 g/mol. The number of hydrogen-bond donors (Lipinski definition) is 2. The molecule has 23 heavy (non-hydrogen) atoms. The highest BCUT2D eigenvalue weighted by Gasteiger charge is 2.22. The van der Waals surface area contributed by atoms with Gasteiger partial charge in [-0.25, -0.2) is 13.1 Å². The van der Waals surface area contributed by atoms with Crippen LogP contribution in [0.3, 0.4) is 0 Å². The first-order valence-corrected chi connectivity index (χ1v) is 10.2. The second-order valence-corrected chi connectivity index (χ2v) is 9.56. The minimum Gasteiger partial charge on any atom is -0.297 e. The van der Waals surface area contributed by atoms with Crippen LogP contribution < -0.4 is 4.72 Å². The number of aromatic amines is 1. The summed E-state index contributed by atoms with van der Waals surface area (Å²) in [6.45, 7) is 10.0. The molecule has 1 aromatic heterocycles. The minimum atomic E-state index is -3.08. The molecule has 6 nitrogen and oxygen atoms in total. The maximum absolute atomic E-state index is 11.1. The van der Waals surface area contributed by atoms with Crippen LogP contribution in [0.1, 0.15) is 51.4 Å². The highest BCUT2D eigenvalue weighted by atomic mass is 32.2. The largest absolute Gasteiger partial charge is 0.297 e. The van der Waals surface area contributed by atoms with Crippen LogP contribution in [0, 0.1) is 5.92 Å². The third kappa shape index (κ3) is 6.24. The van der Waals surface area contributed by atoms with Crippen molar-refractivity contribution in [1.29, 1.82) is 0 Å². The topological polar surface area (TPSA) is 78.1 Å². The van der Waals surface area contributed by atoms with Crippen molar-refractivity contribution in [1.82, 2.24) is 19.8 Å². The van der Waals surface area contributed by atoms with Crippen molar-refractivity contribution in [2.45, 2.75) is 52.0 Å². The Morgan fingerprint density at radius 3 is 2.78 bits per heavy atom. The smallest absolute Gasteiger partial charge is 0.208 e. The molecule has 0 saturated carbocycles. The first-order valence-electron chi connectivity index (χ1n) is 8.35. The van der Waals surface area contributed by atoms with E-state index < -0.39 is 10.0 Å². The second-order valence-electron chi connectivity index (χ2n) is 7.73. The van der Waals surface area contributed by atoms with E-state index in [0.717, 1.165) is 37.4 Å². The molecule has 1 aromatic rings. The van der Waals surface area contributed by atoms with Gasteiger partial charge < -0.3 is 0 Å². The van der Waals surface area contributed by atoms with E-state index in [1.807, 2.05) is 0 Å². The average Bonchev–Trinajstić information content (AvgIpc) is 2.86. The van der Waals surface area contributed by atoms with Crippen LogP contribution >= 0.6 is 0 Å². The van der Waals surface area contributed by atoms with Crippen molar-refractivity contribution in [2.75, 3.05) is 25.9 Å². The number of nitrogens with zero attached hydrogens (tertiary/aromatic N) is 2. The molecule has 0 spiro atoms. The quantitative estimate of drug-likeness (QED) is 0.827. The van der Waals surface area contributed by atoms with Gasteiger partial charge in [-0.3, -0.25) is 10.00 Å². The number of likely N-dealkylation sites (tertiary alicyclic amines) is 1. The molecule has 1 fully saturated rings. The van der Waals surface area contributed by atoms with Crippen molar-refractivity contribution in [2.24, 2.45) is 5.92 Å². The molecular weight excluding hydrogens is 312 g/mol. The Morgan fingerprint density at radius 1 is 1.43 bits per heavy atom. The van der Waals surface area contributed by atoms with E-state index in [4.69, 9.17) is 0 Å². The molecule has 0 bridgehead atoms. The Labute approximate surface area is 140 Å². The van der Waals surface area contributed by atoms with Crippen LogP contribution in [0.4, 0.5) is 0 Å². The van der Waals surface area contributed by atoms with Crippen LogP contribution in [0.2, 0.25) is 0 Å². The van der Waals surface area contributed by atoms with E-state index in [1.165, 1.54) is 19.1 Å². The fourth-order valence-electron chi connectivity index (χ4n) is 3.05. The van der Waals surface area contributed by atoms with Crippen LogP contribution in [0.15, 0.2) is 6.07 Å². The molecule has 1 unspecified atom stereocenters. The summed E-state index contributed by atoms with van der Waals surface area (Å²) in [7, 11) is -3.08. The summed E-state index contributed by atoms with van der Waals surface area (Å²) in [4.78, 5) is 2.44. The Hall–Kier alpha value is -0.920. The first kappa shape index (κ1) is 18.4. The highest BCUT2D eigenvalue weighted by Crippen LogP contribution is 2.23. The summed E-state index contributed by atoms with van der Waals surface area (Å²) in [5, 5.41) is 7.57. The summed E-state index contributed by atoms with van der Waals surface area (Å²) in [5.41, 5.74) is 2.32. The molecule has 0 aromatic carbocycles. The Morgan fingerprint density at radius 2 is 2.17 bits per heavy atom. The Bertz CT molecular complexity index is 604. The van der Waals surface area contributed by atoms with Crippen LogP contribution in [-0.4, -0.2) is 49.4 Å². The summed E-state index contributed by atoms with van der Waals surface area (Å²) in [6, 6.07) is 2.16. The summed E-state index contributed by atoms with van der Waals surface area (Å²) in [5.74, 6) is 0.558. The lowest BCUT2D eigenvalue weighted by Crippen LogP contribution is -2.36. The SMILES string of the molecule is CC(C)(C)c1cc(CN2CCCC(CCNS(C)(=O)=O)C2)[nH]n1. The van der Waals surface area contributed by atoms with Crippen LogP contribution in [0.25, 0.3) is 0 Å². The van der Waals surface area contributed by atoms with E-state index in [0.29, 0.717) is 12.5 Å². The molecule has 1 aliphatic rings. The number of hydrogen-bond acceptors (Lipinski definition) is 4. The predicted molar refractivity (Wildman–Crippen MR) is 92.8 cm³/mol. The van der Waals surface area contributed by atoms with Gasteiger partial charge in [-0.15, -0.1) is 0 Å². The van der Waals surface area contributed by atoms with E-state index in [1.54, 1.807) is 0 Å². The number of nitrogens with one attached hydrogen (secondary N) is 2. The normalized spacial score (nSPS) is 20.8. The highest BCUT2D eigenvalue weighted by molar-refractivity contribution is 7.88. The number of aromatic nitrogens is 2. The minimum absolute atomic E-state index is 0.0660. The molecule has 0 aliphatic carbocycles. The van der Waals surface area contributed by atoms with Crippen molar-refractivity contribution >= 4 is 10.0 Å². The summed E-state index contributed by atoms with van der Waals surface area (Å²) < 4.78 is 24.8. The zero-order chi connectivity index (χ0) is 17.1. The van der Waals surface area contributed by atoms with Gasteiger partial charge in [0.05, 0.1) is 11.9 Å². The molecule has 7 heteroatoms. The molecule has 1 atom stereocenters. The molecule has 0 radical (unpaired) electrons. The molecule has 1 aliphatic heterocycles. The fraction of sp³-hybridized carbons (Fsp3) is 0.812. The molecule has 2 N–H and O–H groups in total. The van der Waals surface area contributed by atoms with Crippen molar-refractivity contribution in [3.05, 3.63) is 17.5 Å². The first-order chi connectivity index (χ1) is 10.6. The van der Waals surface area contributed by atoms with E-state index in [9.17, 15) is 8.42 Å². The molecule has 2 rings (SSSR count). The molecule has 1 saturated heterocycles. The van der Waals surface area contributed by atoms with Gasteiger partial charge in [-0.2, -0.15) is 5.10 Å². The van der Waals surface area contributed by atoms with Crippen molar-refractivity contribution in [3.63, 3.8) is 0 Å². The summed E-state index contributed by atoms with van der Waals surface area (Å²) in [6.07, 6.45) is 4.47. The fourth-order valence-corrected chi connectivity index (χ4v) is 3.54. The number of sulfonamides is 1. The van der Waals surface area contributed by atoms with Crippen molar-refractivity contribution in [3.8, 4) is 0 Å². The number of rotatable bonds is 6. The molecule has 2 heterocycles. The van der Waals surface area contributed by atoms with Gasteiger partial charge in [-0.1, -0.05) is 20.8 Å². The molecule has 0 amide bonds. The second kappa shape index (κ2) is 7.32. The molecular formula is C16H30N4O2S. The van der Waals surface area contributed by atoms with Crippen LogP contribution in [0.5, 0.6) is 0 Å². The van der Waals surface area contributed by atoms with Gasteiger partial charge >= 0.3 is 0 Å². The van der Waals surface area contributed by atoms with Gasteiger partial charge in [0.15, 0.2) is 0 Å². The van der Waals surface area contributed by atoms with Crippen LogP contribution in [-0.2, 0) is 22.0 Å². The third-order valence-electron chi connectivity index (χ3n) is 4.31. The van der Waals surface area contributed by atoms with E-state index in [-0.39, 0.29) is 5.41 Å². The Balaban J connectivity index is 1.83. The lowest BCUT2D eigenvalue weighted by molar-refractivity contribution is 0.161. The van der Waals surface area contributed by atoms with Gasteiger partial charge in [-0.05, 0) is 37.8 Å². The Kier molecular flexibility index (Phi) is 5.86. The van der Waals surface area contributed by atoms with Gasteiger partial charge in [0.1, 0.15) is 0 Å². The van der Waals surface area contributed by atoms with Gasteiger partial charge in [0.25, 0.3) is 0 Å². The number of piperidine rings is 1. The lowest BCUT2D eigenvalue weighted by atomic mass is 9.92. The standard InChI is InChI=1S/C16H30N4O2S/c1-16(2,3)15-10-14(18-19-15)12-20-9-5-6-13(11-20)7-8-17-23(4,21)22/h10,13,17H,5-9,11-12H2,1-4H3,(H,18,19). The predicted octanol–water partition coefficient (Wildman–Crippen LogP) is 1.86. The maximum Gasteiger partial charge on any atom is 0.208 e. The average molecular weight is 343 g/mol. The maximum atomic E-state index is 11.1. The zero-order valence-corrected chi connectivity index (χ0v) is 15.5. The molecule has 132 valence electrons. The van der Waals surface area contributed by atoms with Crippen molar-refractivity contribution < 1.29 is 8.42 Å². The van der Waals surface area contributed by atoms with Gasteiger partial charge in [0.2, 0.25) is 10.0 Å². The van der Waals surface area contributed by atoms with Gasteiger partial charge in [0, 0.05) is 30.7 Å². The zero-order valence-electron chi connectivity index (χ0n) is 14.7. The lowest BCUT2D eigenvalue weighted by Gasteiger charge is -2.32. The third-order valence-corrected chi connectivity index (χ3v) is 5.04. The van der Waals surface area contributed by atoms with E-state index in [2.05, 4.69) is 46.7 Å². The summed E-state index contributed by atoms with van der Waals surface area (Å²) >= 11 is 0. The van der Waals surface area contributed by atoms with E-state index >= 15 is 0 Å². The number of H-pyrrole nitrogens is 1.